The summed E-state index contributed by atoms with van der Waals surface area (Å²) in [4.78, 5) is 0. The zero-order valence-electron chi connectivity index (χ0n) is 6.80. The highest BCUT2D eigenvalue weighted by molar-refractivity contribution is 9.10. The van der Waals surface area contributed by atoms with Crippen LogP contribution in [0.4, 0.5) is 0 Å². The highest BCUT2D eigenvalue weighted by Crippen LogP contribution is 2.28. The van der Waals surface area contributed by atoms with Gasteiger partial charge in [-0.25, -0.2) is 0 Å². The van der Waals surface area contributed by atoms with E-state index in [1.165, 1.54) is 0 Å². The van der Waals surface area contributed by atoms with E-state index < -0.39 is 0 Å². The van der Waals surface area contributed by atoms with E-state index in [1.807, 2.05) is 18.2 Å². The zero-order valence-corrected chi connectivity index (χ0v) is 9.14. The highest BCUT2D eigenvalue weighted by atomic mass is 79.9. The van der Waals surface area contributed by atoms with Crippen LogP contribution in [0.1, 0.15) is 0 Å². The molecule has 0 radical (unpaired) electrons. The summed E-state index contributed by atoms with van der Waals surface area (Å²) in [6, 6.07) is 5.55. The van der Waals surface area contributed by atoms with Crippen LogP contribution in [0, 0.1) is 0 Å². The molecule has 1 saturated heterocycles. The van der Waals surface area contributed by atoms with Crippen molar-refractivity contribution in [3.63, 3.8) is 0 Å². The van der Waals surface area contributed by atoms with Gasteiger partial charge in [-0.1, -0.05) is 27.5 Å². The standard InChI is InChI=1S/C9H8BrClO2/c10-6-1-2-9(8(11)3-6)13-5-7-4-12-7/h1-3,7H,4-5H2. The number of hydrogen-bond acceptors (Lipinski definition) is 2. The summed E-state index contributed by atoms with van der Waals surface area (Å²) in [6.07, 6.45) is 0.264. The van der Waals surface area contributed by atoms with E-state index in [2.05, 4.69) is 15.9 Å². The van der Waals surface area contributed by atoms with Crippen molar-refractivity contribution in [2.45, 2.75) is 6.10 Å². The highest BCUT2D eigenvalue weighted by Gasteiger charge is 2.23. The van der Waals surface area contributed by atoms with Crippen molar-refractivity contribution in [1.29, 1.82) is 0 Å². The first kappa shape index (κ1) is 9.31. The molecule has 70 valence electrons. The maximum Gasteiger partial charge on any atom is 0.138 e. The van der Waals surface area contributed by atoms with Crippen LogP contribution in [0.15, 0.2) is 22.7 Å². The van der Waals surface area contributed by atoms with E-state index in [0.717, 1.165) is 11.1 Å². The predicted molar refractivity (Wildman–Crippen MR) is 54.4 cm³/mol. The van der Waals surface area contributed by atoms with E-state index in [0.29, 0.717) is 17.4 Å². The molecule has 1 unspecified atom stereocenters. The molecule has 0 aliphatic carbocycles. The third-order valence-corrected chi connectivity index (χ3v) is 2.51. The van der Waals surface area contributed by atoms with Gasteiger partial charge in [0.1, 0.15) is 18.5 Å². The van der Waals surface area contributed by atoms with Crippen molar-refractivity contribution in [2.24, 2.45) is 0 Å². The summed E-state index contributed by atoms with van der Waals surface area (Å²) in [5, 5.41) is 0.620. The molecule has 1 aromatic carbocycles. The monoisotopic (exact) mass is 262 g/mol. The molecule has 0 aromatic heterocycles. The smallest absolute Gasteiger partial charge is 0.138 e. The van der Waals surface area contributed by atoms with Gasteiger partial charge in [0.15, 0.2) is 0 Å². The molecule has 2 rings (SSSR count). The van der Waals surface area contributed by atoms with Crippen LogP contribution in [0.5, 0.6) is 5.75 Å². The quantitative estimate of drug-likeness (QED) is 0.782. The first-order valence-electron chi connectivity index (χ1n) is 3.95. The van der Waals surface area contributed by atoms with Crippen LogP contribution >= 0.6 is 27.5 Å². The van der Waals surface area contributed by atoms with Gasteiger partial charge < -0.3 is 9.47 Å². The SMILES string of the molecule is Clc1cc(Br)ccc1OCC1CO1. The summed E-state index contributed by atoms with van der Waals surface area (Å²) in [5.41, 5.74) is 0. The van der Waals surface area contributed by atoms with Gasteiger partial charge in [-0.3, -0.25) is 0 Å². The van der Waals surface area contributed by atoms with Gasteiger partial charge in [0.25, 0.3) is 0 Å². The Morgan fingerprint density at radius 1 is 1.62 bits per heavy atom. The summed E-state index contributed by atoms with van der Waals surface area (Å²) in [6.45, 7) is 1.38. The Labute approximate surface area is 89.9 Å². The van der Waals surface area contributed by atoms with Crippen molar-refractivity contribution in [1.82, 2.24) is 0 Å². The Bertz CT molecular complexity index is 312. The first-order valence-corrected chi connectivity index (χ1v) is 5.12. The van der Waals surface area contributed by atoms with Crippen LogP contribution in [0.3, 0.4) is 0 Å². The lowest BCUT2D eigenvalue weighted by Crippen LogP contribution is -2.04. The molecule has 0 amide bonds. The Kier molecular flexibility index (Phi) is 2.77. The van der Waals surface area contributed by atoms with Crippen LogP contribution in [-0.2, 0) is 4.74 Å². The molecule has 0 N–H and O–H groups in total. The van der Waals surface area contributed by atoms with E-state index >= 15 is 0 Å². The van der Waals surface area contributed by atoms with Crippen molar-refractivity contribution in [3.05, 3.63) is 27.7 Å². The molecule has 1 aliphatic heterocycles. The molecular weight excluding hydrogens is 255 g/mol. The van der Waals surface area contributed by atoms with Gasteiger partial charge >= 0.3 is 0 Å². The lowest BCUT2D eigenvalue weighted by Gasteiger charge is -2.05. The van der Waals surface area contributed by atoms with Crippen molar-refractivity contribution in [2.75, 3.05) is 13.2 Å². The average molecular weight is 264 g/mol. The molecule has 4 heteroatoms. The fourth-order valence-electron chi connectivity index (χ4n) is 0.939. The van der Waals surface area contributed by atoms with Gasteiger partial charge in [-0.15, -0.1) is 0 Å². The number of halogens is 2. The molecule has 1 heterocycles. The molecule has 0 bridgehead atoms. The third-order valence-electron chi connectivity index (χ3n) is 1.72. The van der Waals surface area contributed by atoms with Gasteiger partial charge in [-0.05, 0) is 18.2 Å². The van der Waals surface area contributed by atoms with Gasteiger partial charge in [0.2, 0.25) is 0 Å². The lowest BCUT2D eigenvalue weighted by atomic mass is 10.3. The van der Waals surface area contributed by atoms with Gasteiger partial charge in [0.05, 0.1) is 11.6 Å². The van der Waals surface area contributed by atoms with Gasteiger partial charge in [0, 0.05) is 4.47 Å². The number of epoxide rings is 1. The first-order chi connectivity index (χ1) is 6.25. The van der Waals surface area contributed by atoms with Crippen molar-refractivity contribution in [3.8, 4) is 5.75 Å². The fraction of sp³-hybridized carbons (Fsp3) is 0.333. The topological polar surface area (TPSA) is 21.8 Å². The Hall–Kier alpha value is -0.250. The van der Waals surface area contributed by atoms with E-state index in [-0.39, 0.29) is 6.10 Å². The normalized spacial score (nSPS) is 20.0. The maximum absolute atomic E-state index is 5.94. The second kappa shape index (κ2) is 3.86. The molecule has 0 saturated carbocycles. The third kappa shape index (κ3) is 2.59. The summed E-state index contributed by atoms with van der Waals surface area (Å²) < 4.78 is 11.4. The van der Waals surface area contributed by atoms with Crippen LogP contribution in [-0.4, -0.2) is 19.3 Å². The molecule has 1 fully saturated rings. The van der Waals surface area contributed by atoms with Crippen molar-refractivity contribution < 1.29 is 9.47 Å². The van der Waals surface area contributed by atoms with Crippen LogP contribution in [0.2, 0.25) is 5.02 Å². The molecule has 13 heavy (non-hydrogen) atoms. The number of rotatable bonds is 3. The molecule has 2 nitrogen and oxygen atoms in total. The molecule has 1 aromatic rings. The molecule has 1 aliphatic rings. The second-order valence-corrected chi connectivity index (χ2v) is 4.16. The molecule has 0 spiro atoms. The number of benzene rings is 1. The minimum atomic E-state index is 0.264. The van der Waals surface area contributed by atoms with Crippen LogP contribution < -0.4 is 4.74 Å². The number of ether oxygens (including phenoxy) is 2. The van der Waals surface area contributed by atoms with Crippen molar-refractivity contribution >= 4 is 27.5 Å². The maximum atomic E-state index is 5.94. The Morgan fingerprint density at radius 2 is 2.38 bits per heavy atom. The average Bonchev–Trinajstić information content (AvgIpc) is 2.86. The Morgan fingerprint density at radius 3 is 3.00 bits per heavy atom. The van der Waals surface area contributed by atoms with E-state index in [1.54, 1.807) is 0 Å². The molecule has 1 atom stereocenters. The summed E-state index contributed by atoms with van der Waals surface area (Å²) >= 11 is 9.26. The summed E-state index contributed by atoms with van der Waals surface area (Å²) in [7, 11) is 0. The predicted octanol–water partition coefficient (Wildman–Crippen LogP) is 2.88. The van der Waals surface area contributed by atoms with Gasteiger partial charge in [-0.2, -0.15) is 0 Å². The minimum Gasteiger partial charge on any atom is -0.489 e. The van der Waals surface area contributed by atoms with E-state index in [9.17, 15) is 0 Å². The Balaban J connectivity index is 2.01. The second-order valence-electron chi connectivity index (χ2n) is 2.84. The lowest BCUT2D eigenvalue weighted by molar-refractivity contribution is 0.263. The number of hydrogen-bond donors (Lipinski definition) is 0. The zero-order chi connectivity index (χ0) is 9.26. The fourth-order valence-corrected chi connectivity index (χ4v) is 1.67. The summed E-state index contributed by atoms with van der Waals surface area (Å²) in [5.74, 6) is 0.709. The van der Waals surface area contributed by atoms with Crippen LogP contribution in [0.25, 0.3) is 0 Å². The van der Waals surface area contributed by atoms with E-state index in [4.69, 9.17) is 21.1 Å². The largest absolute Gasteiger partial charge is 0.489 e. The molecular formula is C9H8BrClO2. The minimum absolute atomic E-state index is 0.264.